The van der Waals surface area contributed by atoms with Gasteiger partial charge in [-0.05, 0) is 23.1 Å². The summed E-state index contributed by atoms with van der Waals surface area (Å²) in [7, 11) is -1.81. The normalized spacial score (nSPS) is 9.20. The summed E-state index contributed by atoms with van der Waals surface area (Å²) in [6.45, 7) is 0. The maximum atomic E-state index is 10.6. The van der Waals surface area contributed by atoms with Gasteiger partial charge in [0.1, 0.15) is 0 Å². The predicted octanol–water partition coefficient (Wildman–Crippen LogP) is 0.00640. The van der Waals surface area contributed by atoms with Crippen LogP contribution in [0.15, 0.2) is 23.3 Å². The Morgan fingerprint density at radius 2 is 2.07 bits per heavy atom. The maximum absolute atomic E-state index is 10.6. The fourth-order valence-corrected chi connectivity index (χ4v) is 1.02. The Morgan fingerprint density at radius 3 is 2.53 bits per heavy atom. The second-order valence-electron chi connectivity index (χ2n) is 2.68. The molecule has 0 aromatic heterocycles. The molecule has 0 heterocycles. The summed E-state index contributed by atoms with van der Waals surface area (Å²) >= 11 is 0. The van der Waals surface area contributed by atoms with Gasteiger partial charge in [-0.3, -0.25) is 0 Å². The molecule has 0 bridgehead atoms. The van der Waals surface area contributed by atoms with Crippen molar-refractivity contribution >= 4 is 24.2 Å². The van der Waals surface area contributed by atoms with Crippen LogP contribution >= 0.6 is 0 Å². The van der Waals surface area contributed by atoms with Crippen molar-refractivity contribution in [3.8, 4) is 0 Å². The lowest BCUT2D eigenvalue weighted by atomic mass is 9.79. The molecule has 1 aromatic rings. The molecular weight excluding hydrogens is 201 g/mol. The first-order chi connectivity index (χ1) is 7.04. The standard InChI is InChI=1S/C7H6BN3O4/c9-11-10-6-2-4(7(12)13)1-5(3-6)8(14)15/h1-3,14-15H,(H,12,13). The van der Waals surface area contributed by atoms with E-state index in [4.69, 9.17) is 20.7 Å². The van der Waals surface area contributed by atoms with Crippen molar-refractivity contribution in [1.82, 2.24) is 0 Å². The van der Waals surface area contributed by atoms with E-state index >= 15 is 0 Å². The highest BCUT2D eigenvalue weighted by Gasteiger charge is 2.14. The molecular formula is C7H6BN3O4. The van der Waals surface area contributed by atoms with Gasteiger partial charge in [0.25, 0.3) is 0 Å². The minimum Gasteiger partial charge on any atom is -0.478 e. The van der Waals surface area contributed by atoms with E-state index in [0.29, 0.717) is 0 Å². The van der Waals surface area contributed by atoms with E-state index in [1.807, 2.05) is 0 Å². The SMILES string of the molecule is [N-]=[N+]=Nc1cc(B(O)O)cc(C(=O)O)c1. The highest BCUT2D eigenvalue weighted by Crippen LogP contribution is 2.13. The van der Waals surface area contributed by atoms with Gasteiger partial charge in [-0.1, -0.05) is 11.2 Å². The first-order valence-corrected chi connectivity index (χ1v) is 3.84. The topological polar surface area (TPSA) is 127 Å². The number of carbonyl (C=O) groups is 1. The molecule has 0 saturated carbocycles. The van der Waals surface area contributed by atoms with Gasteiger partial charge in [0.15, 0.2) is 0 Å². The fourth-order valence-electron chi connectivity index (χ4n) is 1.02. The molecule has 0 fully saturated rings. The number of carboxylic acid groups (broad SMARTS) is 1. The van der Waals surface area contributed by atoms with Gasteiger partial charge in [-0.2, -0.15) is 0 Å². The Bertz CT molecular complexity index is 422. The van der Waals surface area contributed by atoms with Crippen molar-refractivity contribution in [3.05, 3.63) is 34.2 Å². The summed E-state index contributed by atoms with van der Waals surface area (Å²) in [6, 6.07) is 3.41. The molecule has 0 spiro atoms. The minimum absolute atomic E-state index is 0.0144. The predicted molar refractivity (Wildman–Crippen MR) is 52.0 cm³/mol. The van der Waals surface area contributed by atoms with Crippen LogP contribution in [-0.2, 0) is 0 Å². The Balaban J connectivity index is 3.32. The van der Waals surface area contributed by atoms with Gasteiger partial charge < -0.3 is 15.2 Å². The summed E-state index contributed by atoms with van der Waals surface area (Å²) in [5.74, 6) is -1.24. The van der Waals surface area contributed by atoms with E-state index in [1.165, 1.54) is 6.07 Å². The molecule has 1 rings (SSSR count). The molecule has 7 nitrogen and oxygen atoms in total. The number of aromatic carboxylic acids is 1. The summed E-state index contributed by atoms with van der Waals surface area (Å²) in [5.41, 5.74) is 7.96. The second kappa shape index (κ2) is 4.47. The maximum Gasteiger partial charge on any atom is 0.488 e. The van der Waals surface area contributed by atoms with Crippen LogP contribution in [0.2, 0.25) is 0 Å². The number of rotatable bonds is 3. The second-order valence-corrected chi connectivity index (χ2v) is 2.68. The number of azide groups is 1. The molecule has 8 heteroatoms. The Labute approximate surface area is 84.4 Å². The average Bonchev–Trinajstić information content (AvgIpc) is 2.17. The molecule has 0 aliphatic rings. The van der Waals surface area contributed by atoms with E-state index in [2.05, 4.69) is 10.0 Å². The fraction of sp³-hybridized carbons (Fsp3) is 0. The molecule has 3 N–H and O–H groups in total. The molecule has 1 aromatic carbocycles. The highest BCUT2D eigenvalue weighted by molar-refractivity contribution is 6.58. The lowest BCUT2D eigenvalue weighted by Gasteiger charge is -2.02. The van der Waals surface area contributed by atoms with E-state index in [0.717, 1.165) is 12.1 Å². The Morgan fingerprint density at radius 1 is 1.40 bits per heavy atom. The van der Waals surface area contributed by atoms with Crippen LogP contribution < -0.4 is 5.46 Å². The van der Waals surface area contributed by atoms with E-state index in [1.54, 1.807) is 0 Å². The average molecular weight is 207 g/mol. The van der Waals surface area contributed by atoms with Gasteiger partial charge in [0.05, 0.1) is 5.56 Å². The van der Waals surface area contributed by atoms with Gasteiger partial charge in [0.2, 0.25) is 0 Å². The van der Waals surface area contributed by atoms with Crippen LogP contribution in [0.25, 0.3) is 10.4 Å². The van der Waals surface area contributed by atoms with Crippen molar-refractivity contribution in [2.45, 2.75) is 0 Å². The molecule has 0 radical (unpaired) electrons. The van der Waals surface area contributed by atoms with Crippen LogP contribution in [0.1, 0.15) is 10.4 Å². The first-order valence-electron chi connectivity index (χ1n) is 3.84. The molecule has 0 amide bonds. The lowest BCUT2D eigenvalue weighted by Crippen LogP contribution is -2.30. The van der Waals surface area contributed by atoms with Gasteiger partial charge in [-0.15, -0.1) is 0 Å². The van der Waals surface area contributed by atoms with Crippen molar-refractivity contribution in [1.29, 1.82) is 0 Å². The van der Waals surface area contributed by atoms with Crippen molar-refractivity contribution < 1.29 is 19.9 Å². The monoisotopic (exact) mass is 207 g/mol. The van der Waals surface area contributed by atoms with Crippen LogP contribution in [0.3, 0.4) is 0 Å². The minimum atomic E-state index is -1.81. The van der Waals surface area contributed by atoms with Crippen molar-refractivity contribution in [3.63, 3.8) is 0 Å². The van der Waals surface area contributed by atoms with E-state index < -0.39 is 13.1 Å². The molecule has 15 heavy (non-hydrogen) atoms. The van der Waals surface area contributed by atoms with Crippen molar-refractivity contribution in [2.75, 3.05) is 0 Å². The third-order valence-electron chi connectivity index (χ3n) is 1.65. The Kier molecular flexibility index (Phi) is 3.30. The quantitative estimate of drug-likeness (QED) is 0.279. The number of nitrogens with zero attached hydrogens (tertiary/aromatic N) is 3. The summed E-state index contributed by atoms with van der Waals surface area (Å²) in [5, 5.41) is 29.6. The van der Waals surface area contributed by atoms with Crippen LogP contribution in [-0.4, -0.2) is 28.2 Å². The molecule has 0 aliphatic carbocycles. The molecule has 0 aliphatic heterocycles. The number of benzene rings is 1. The summed E-state index contributed by atoms with van der Waals surface area (Å²) in [6.07, 6.45) is 0. The zero-order valence-electron chi connectivity index (χ0n) is 7.40. The van der Waals surface area contributed by atoms with Crippen LogP contribution in [0, 0.1) is 0 Å². The van der Waals surface area contributed by atoms with Gasteiger partial charge in [-0.25, -0.2) is 4.79 Å². The third kappa shape index (κ3) is 2.71. The third-order valence-corrected chi connectivity index (χ3v) is 1.65. The summed E-state index contributed by atoms with van der Waals surface area (Å²) < 4.78 is 0. The van der Waals surface area contributed by atoms with Crippen molar-refractivity contribution in [2.24, 2.45) is 5.11 Å². The zero-order valence-corrected chi connectivity index (χ0v) is 7.40. The smallest absolute Gasteiger partial charge is 0.478 e. The largest absolute Gasteiger partial charge is 0.488 e. The number of carboxylic acids is 1. The van der Waals surface area contributed by atoms with Gasteiger partial charge in [0, 0.05) is 10.6 Å². The molecule has 0 saturated heterocycles. The van der Waals surface area contributed by atoms with Gasteiger partial charge >= 0.3 is 13.1 Å². The van der Waals surface area contributed by atoms with Crippen LogP contribution in [0.4, 0.5) is 5.69 Å². The van der Waals surface area contributed by atoms with E-state index in [9.17, 15) is 4.79 Å². The summed E-state index contributed by atoms with van der Waals surface area (Å²) in [4.78, 5) is 13.1. The number of hydrogen-bond acceptors (Lipinski definition) is 4. The Hall–Kier alpha value is -2.02. The molecule has 0 atom stereocenters. The molecule has 0 unspecified atom stereocenters. The van der Waals surface area contributed by atoms with E-state index in [-0.39, 0.29) is 16.7 Å². The van der Waals surface area contributed by atoms with Crippen LogP contribution in [0.5, 0.6) is 0 Å². The molecule has 76 valence electrons. The first kappa shape index (κ1) is 11.1. The lowest BCUT2D eigenvalue weighted by molar-refractivity contribution is 0.0697. The highest BCUT2D eigenvalue weighted by atomic mass is 16.4. The number of hydrogen-bond donors (Lipinski definition) is 3. The zero-order chi connectivity index (χ0) is 11.4.